The van der Waals surface area contributed by atoms with E-state index in [9.17, 15) is 4.39 Å². The molecule has 0 bridgehead atoms. The molecule has 4 heteroatoms. The van der Waals surface area contributed by atoms with Crippen molar-refractivity contribution in [3.8, 4) is 5.75 Å². The Balaban J connectivity index is 2.63. The Morgan fingerprint density at radius 3 is 2.88 bits per heavy atom. The van der Waals surface area contributed by atoms with E-state index in [1.54, 1.807) is 6.07 Å². The van der Waals surface area contributed by atoms with Gasteiger partial charge in [0, 0.05) is 11.6 Å². The smallest absolute Gasteiger partial charge is 0.165 e. The van der Waals surface area contributed by atoms with Gasteiger partial charge in [0.15, 0.2) is 11.6 Å². The van der Waals surface area contributed by atoms with Crippen molar-refractivity contribution in [3.63, 3.8) is 0 Å². The molecule has 2 nitrogen and oxygen atoms in total. The number of hydrogen-bond acceptors (Lipinski definition) is 2. The molecule has 88 valence electrons. The molecule has 0 radical (unpaired) electrons. The molecule has 1 aromatic carbocycles. The van der Waals surface area contributed by atoms with Gasteiger partial charge in [0.05, 0.1) is 0 Å². The molecule has 0 saturated carbocycles. The number of nitrogens with one attached hydrogen (secondary N) is 1. The summed E-state index contributed by atoms with van der Waals surface area (Å²) in [5.74, 6) is -0.185. The van der Waals surface area contributed by atoms with Gasteiger partial charge in [-0.2, -0.15) is 0 Å². The lowest BCUT2D eigenvalue weighted by Crippen LogP contribution is -2.11. The fraction of sp³-hybridized carbons (Fsp3) is 0.333. The molecule has 0 aromatic heterocycles. The minimum atomic E-state index is -0.381. The summed E-state index contributed by atoms with van der Waals surface area (Å²) in [5, 5.41) is 3.46. The quantitative estimate of drug-likeness (QED) is 0.829. The van der Waals surface area contributed by atoms with Crippen LogP contribution in [0.25, 0.3) is 0 Å². The molecular formula is C12H15ClFNO. The van der Waals surface area contributed by atoms with Gasteiger partial charge in [0.25, 0.3) is 0 Å². The molecule has 0 heterocycles. The molecule has 1 aromatic rings. The lowest BCUT2D eigenvalue weighted by molar-refractivity contribution is 0.338. The van der Waals surface area contributed by atoms with Crippen LogP contribution in [0.1, 0.15) is 12.5 Å². The third-order valence-corrected chi connectivity index (χ3v) is 2.07. The highest BCUT2D eigenvalue weighted by Crippen LogP contribution is 2.19. The van der Waals surface area contributed by atoms with Crippen LogP contribution in [0.4, 0.5) is 4.39 Å². The van der Waals surface area contributed by atoms with Gasteiger partial charge in [-0.05, 0) is 24.2 Å². The van der Waals surface area contributed by atoms with Gasteiger partial charge in [-0.25, -0.2) is 4.39 Å². The van der Waals surface area contributed by atoms with Crippen molar-refractivity contribution in [1.82, 2.24) is 5.32 Å². The molecule has 0 amide bonds. The second-order valence-corrected chi connectivity index (χ2v) is 3.89. The van der Waals surface area contributed by atoms with Gasteiger partial charge in [0.2, 0.25) is 0 Å². The summed E-state index contributed by atoms with van der Waals surface area (Å²) in [4.78, 5) is 0. The van der Waals surface area contributed by atoms with Crippen molar-refractivity contribution in [2.75, 3.05) is 13.2 Å². The van der Waals surface area contributed by atoms with E-state index in [0.29, 0.717) is 11.6 Å². The van der Waals surface area contributed by atoms with E-state index in [0.717, 1.165) is 12.1 Å². The van der Waals surface area contributed by atoms with Crippen molar-refractivity contribution in [2.24, 2.45) is 0 Å². The summed E-state index contributed by atoms with van der Waals surface area (Å²) in [5.41, 5.74) is 0.886. The molecule has 0 saturated heterocycles. The second-order valence-electron chi connectivity index (χ2n) is 3.35. The SMILES string of the molecule is C=C(Cl)COc1ccc(CNCC)cc1F. The first-order valence-corrected chi connectivity index (χ1v) is 5.46. The number of hydrogen-bond donors (Lipinski definition) is 1. The standard InChI is InChI=1S/C12H15ClFNO/c1-3-15-7-10-4-5-12(11(14)6-10)16-8-9(2)13/h4-6,15H,2-3,7-8H2,1H3. The first kappa shape index (κ1) is 13.0. The largest absolute Gasteiger partial charge is 0.485 e. The molecular weight excluding hydrogens is 229 g/mol. The lowest BCUT2D eigenvalue weighted by Gasteiger charge is -2.08. The maximum absolute atomic E-state index is 13.5. The highest BCUT2D eigenvalue weighted by Gasteiger charge is 2.04. The van der Waals surface area contributed by atoms with Gasteiger partial charge in [-0.3, -0.25) is 0 Å². The Bertz CT molecular complexity index is 368. The minimum absolute atomic E-state index is 0.116. The Morgan fingerprint density at radius 2 is 2.31 bits per heavy atom. The predicted octanol–water partition coefficient (Wildman–Crippen LogP) is 3.07. The molecule has 0 spiro atoms. The van der Waals surface area contributed by atoms with E-state index < -0.39 is 0 Å². The summed E-state index contributed by atoms with van der Waals surface area (Å²) in [7, 11) is 0. The first-order valence-electron chi connectivity index (χ1n) is 5.08. The fourth-order valence-electron chi connectivity index (χ4n) is 1.20. The topological polar surface area (TPSA) is 21.3 Å². The van der Waals surface area contributed by atoms with E-state index in [1.165, 1.54) is 6.07 Å². The average molecular weight is 244 g/mol. The van der Waals surface area contributed by atoms with Gasteiger partial charge >= 0.3 is 0 Å². The molecule has 0 aliphatic rings. The minimum Gasteiger partial charge on any atom is -0.485 e. The zero-order valence-electron chi connectivity index (χ0n) is 9.22. The zero-order valence-corrected chi connectivity index (χ0v) is 9.98. The Labute approximate surface area is 100 Å². The van der Waals surface area contributed by atoms with Crippen molar-refractivity contribution >= 4 is 11.6 Å². The maximum Gasteiger partial charge on any atom is 0.165 e. The molecule has 0 aliphatic carbocycles. The van der Waals surface area contributed by atoms with Crippen LogP contribution in [-0.2, 0) is 6.54 Å². The lowest BCUT2D eigenvalue weighted by atomic mass is 10.2. The second kappa shape index (κ2) is 6.51. The van der Waals surface area contributed by atoms with E-state index in [-0.39, 0.29) is 18.2 Å². The average Bonchev–Trinajstić information content (AvgIpc) is 2.24. The molecule has 1 rings (SSSR count). The van der Waals surface area contributed by atoms with Crippen LogP contribution in [0.2, 0.25) is 0 Å². The Hall–Kier alpha value is -1.06. The molecule has 1 N–H and O–H groups in total. The maximum atomic E-state index is 13.5. The molecule has 16 heavy (non-hydrogen) atoms. The molecule has 0 fully saturated rings. The van der Waals surface area contributed by atoms with Gasteiger partial charge in [0.1, 0.15) is 6.61 Å². The van der Waals surface area contributed by atoms with Crippen LogP contribution in [0.5, 0.6) is 5.75 Å². The normalized spacial score (nSPS) is 10.2. The van der Waals surface area contributed by atoms with Gasteiger partial charge in [-0.15, -0.1) is 0 Å². The highest BCUT2D eigenvalue weighted by atomic mass is 35.5. The number of halogens is 2. The highest BCUT2D eigenvalue weighted by molar-refractivity contribution is 6.29. The van der Waals surface area contributed by atoms with Crippen LogP contribution in [0, 0.1) is 5.82 Å². The van der Waals surface area contributed by atoms with Crippen molar-refractivity contribution < 1.29 is 9.13 Å². The summed E-state index contributed by atoms with van der Waals surface area (Å²) in [6, 6.07) is 4.87. The zero-order chi connectivity index (χ0) is 12.0. The van der Waals surface area contributed by atoms with E-state index >= 15 is 0 Å². The van der Waals surface area contributed by atoms with Gasteiger partial charge in [-0.1, -0.05) is 31.2 Å². The first-order chi connectivity index (χ1) is 7.63. The number of ether oxygens (including phenoxy) is 1. The van der Waals surface area contributed by atoms with Crippen LogP contribution in [-0.4, -0.2) is 13.2 Å². The van der Waals surface area contributed by atoms with Gasteiger partial charge < -0.3 is 10.1 Å². The molecule has 0 unspecified atom stereocenters. The van der Waals surface area contributed by atoms with Crippen molar-refractivity contribution in [3.05, 3.63) is 41.2 Å². The van der Waals surface area contributed by atoms with E-state index in [4.69, 9.17) is 16.3 Å². The van der Waals surface area contributed by atoms with Crippen LogP contribution in [0.3, 0.4) is 0 Å². The van der Waals surface area contributed by atoms with E-state index in [1.807, 2.05) is 13.0 Å². The third kappa shape index (κ3) is 4.21. The Kier molecular flexibility index (Phi) is 5.29. The number of rotatable bonds is 6. The van der Waals surface area contributed by atoms with Crippen molar-refractivity contribution in [1.29, 1.82) is 0 Å². The summed E-state index contributed by atoms with van der Waals surface area (Å²) in [6.07, 6.45) is 0. The molecule has 0 atom stereocenters. The third-order valence-electron chi connectivity index (χ3n) is 1.96. The predicted molar refractivity (Wildman–Crippen MR) is 64.3 cm³/mol. The van der Waals surface area contributed by atoms with Crippen molar-refractivity contribution in [2.45, 2.75) is 13.5 Å². The van der Waals surface area contributed by atoms with E-state index in [2.05, 4.69) is 11.9 Å². The summed E-state index contributed by atoms with van der Waals surface area (Å²) in [6.45, 7) is 7.08. The Morgan fingerprint density at radius 1 is 1.56 bits per heavy atom. The monoisotopic (exact) mass is 243 g/mol. The summed E-state index contributed by atoms with van der Waals surface area (Å²) >= 11 is 5.53. The number of benzene rings is 1. The fourth-order valence-corrected chi connectivity index (χ4v) is 1.25. The van der Waals surface area contributed by atoms with Crippen LogP contribution < -0.4 is 10.1 Å². The van der Waals surface area contributed by atoms with Crippen LogP contribution in [0.15, 0.2) is 29.8 Å². The molecule has 0 aliphatic heterocycles. The summed E-state index contributed by atoms with van der Waals surface area (Å²) < 4.78 is 18.6. The van der Waals surface area contributed by atoms with Crippen LogP contribution >= 0.6 is 11.6 Å².